The minimum absolute atomic E-state index is 0.288. The van der Waals surface area contributed by atoms with E-state index in [4.69, 9.17) is 10.8 Å². The van der Waals surface area contributed by atoms with Crippen molar-refractivity contribution < 1.29 is 9.90 Å². The molecule has 4 nitrogen and oxygen atoms in total. The Kier molecular flexibility index (Phi) is 2.46. The summed E-state index contributed by atoms with van der Waals surface area (Å²) in [6.45, 7) is 1.61. The normalized spacial score (nSPS) is 22.5. The van der Waals surface area contributed by atoms with Crippen LogP contribution in [0.15, 0.2) is 0 Å². The Morgan fingerprint density at radius 2 is 2.27 bits per heavy atom. The number of aliphatic hydroxyl groups excluding tert-OH is 1. The van der Waals surface area contributed by atoms with Gasteiger partial charge in [0.1, 0.15) is 6.10 Å². The highest BCUT2D eigenvalue weighted by atomic mass is 16.3. The van der Waals surface area contributed by atoms with Crippen LogP contribution in [0.25, 0.3) is 0 Å². The predicted molar refractivity (Wildman–Crippen MR) is 40.8 cm³/mol. The van der Waals surface area contributed by atoms with Gasteiger partial charge < -0.3 is 16.2 Å². The first-order chi connectivity index (χ1) is 5.11. The van der Waals surface area contributed by atoms with E-state index in [0.29, 0.717) is 0 Å². The smallest absolute Gasteiger partial charge is 0.250 e. The fourth-order valence-corrected chi connectivity index (χ4v) is 0.753. The average molecular weight is 158 g/mol. The number of hydrogen-bond donors (Lipinski definition) is 3. The van der Waals surface area contributed by atoms with Gasteiger partial charge in [-0.3, -0.25) is 4.79 Å². The quantitative estimate of drug-likeness (QED) is 0.491. The third-order valence-electron chi connectivity index (χ3n) is 1.69. The van der Waals surface area contributed by atoms with Gasteiger partial charge >= 0.3 is 0 Å². The fourth-order valence-electron chi connectivity index (χ4n) is 0.753. The third kappa shape index (κ3) is 2.48. The molecule has 0 bridgehead atoms. The maximum absolute atomic E-state index is 11.0. The molecule has 0 aromatic rings. The van der Waals surface area contributed by atoms with Crippen LogP contribution in [0, 0.1) is 0 Å². The van der Waals surface area contributed by atoms with Gasteiger partial charge in [0.05, 0.1) is 0 Å². The predicted octanol–water partition coefficient (Wildman–Crippen LogP) is -1.03. The van der Waals surface area contributed by atoms with E-state index < -0.39 is 12.1 Å². The van der Waals surface area contributed by atoms with Crippen molar-refractivity contribution >= 4 is 5.91 Å². The Morgan fingerprint density at radius 3 is 2.64 bits per heavy atom. The number of rotatable bonds is 3. The molecular weight excluding hydrogens is 144 g/mol. The van der Waals surface area contributed by atoms with Crippen LogP contribution in [-0.2, 0) is 4.79 Å². The number of aliphatic hydroxyl groups is 1. The van der Waals surface area contributed by atoms with Crippen LogP contribution in [0.3, 0.4) is 0 Å². The summed E-state index contributed by atoms with van der Waals surface area (Å²) in [5.41, 5.74) is 5.32. The summed E-state index contributed by atoms with van der Waals surface area (Å²) >= 11 is 0. The molecule has 2 atom stereocenters. The second kappa shape index (κ2) is 3.19. The van der Waals surface area contributed by atoms with E-state index in [1.165, 1.54) is 0 Å². The molecule has 1 unspecified atom stereocenters. The van der Waals surface area contributed by atoms with Crippen molar-refractivity contribution in [2.45, 2.75) is 38.0 Å². The molecule has 4 heteroatoms. The number of carbonyl (C=O) groups is 1. The molecule has 0 aromatic carbocycles. The lowest BCUT2D eigenvalue weighted by molar-refractivity contribution is -0.130. The SMILES string of the molecule is C[C@H](N)C(O)C(=O)NC1CC1. The zero-order valence-corrected chi connectivity index (χ0v) is 6.58. The number of nitrogens with two attached hydrogens (primary N) is 1. The summed E-state index contributed by atoms with van der Waals surface area (Å²) in [5.74, 6) is -0.345. The second-order valence-corrected chi connectivity index (χ2v) is 3.09. The molecule has 0 spiro atoms. The lowest BCUT2D eigenvalue weighted by atomic mass is 10.2. The number of carbonyl (C=O) groups excluding carboxylic acids is 1. The Balaban J connectivity index is 2.26. The second-order valence-electron chi connectivity index (χ2n) is 3.09. The van der Waals surface area contributed by atoms with Crippen molar-refractivity contribution in [3.63, 3.8) is 0 Å². The van der Waals surface area contributed by atoms with E-state index in [0.717, 1.165) is 12.8 Å². The third-order valence-corrected chi connectivity index (χ3v) is 1.69. The molecule has 0 aliphatic heterocycles. The average Bonchev–Trinajstić information content (AvgIpc) is 2.69. The van der Waals surface area contributed by atoms with E-state index in [9.17, 15) is 4.79 Å². The highest BCUT2D eigenvalue weighted by Crippen LogP contribution is 2.18. The molecule has 1 fully saturated rings. The molecule has 1 aliphatic carbocycles. The van der Waals surface area contributed by atoms with Crippen LogP contribution in [0.2, 0.25) is 0 Å². The van der Waals surface area contributed by atoms with Crippen molar-refractivity contribution in [2.24, 2.45) is 5.73 Å². The van der Waals surface area contributed by atoms with Crippen LogP contribution in [0.5, 0.6) is 0 Å². The van der Waals surface area contributed by atoms with Crippen molar-refractivity contribution in [1.82, 2.24) is 5.32 Å². The van der Waals surface area contributed by atoms with Gasteiger partial charge in [-0.1, -0.05) is 0 Å². The van der Waals surface area contributed by atoms with Gasteiger partial charge in [-0.2, -0.15) is 0 Å². The van der Waals surface area contributed by atoms with Gasteiger partial charge in [-0.15, -0.1) is 0 Å². The minimum atomic E-state index is -1.06. The van der Waals surface area contributed by atoms with E-state index in [2.05, 4.69) is 5.32 Å². The fraction of sp³-hybridized carbons (Fsp3) is 0.857. The summed E-state index contributed by atoms with van der Waals surface area (Å²) in [4.78, 5) is 11.0. The van der Waals surface area contributed by atoms with Gasteiger partial charge in [-0.25, -0.2) is 0 Å². The Labute approximate surface area is 65.8 Å². The first kappa shape index (κ1) is 8.49. The molecule has 11 heavy (non-hydrogen) atoms. The summed E-state index contributed by atoms with van der Waals surface area (Å²) in [7, 11) is 0. The Bertz CT molecular complexity index is 155. The van der Waals surface area contributed by atoms with Gasteiger partial charge in [0.2, 0.25) is 0 Å². The van der Waals surface area contributed by atoms with E-state index in [-0.39, 0.29) is 11.9 Å². The van der Waals surface area contributed by atoms with Crippen LogP contribution in [-0.4, -0.2) is 29.2 Å². The van der Waals surface area contributed by atoms with E-state index >= 15 is 0 Å². The molecule has 1 amide bonds. The highest BCUT2D eigenvalue weighted by molar-refractivity contribution is 5.81. The topological polar surface area (TPSA) is 75.3 Å². The molecule has 4 N–H and O–H groups in total. The van der Waals surface area contributed by atoms with Gasteiger partial charge in [-0.05, 0) is 19.8 Å². The standard InChI is InChI=1S/C7H14N2O2/c1-4(8)6(10)7(11)9-5-2-3-5/h4-6,10H,2-3,8H2,1H3,(H,9,11)/t4-,6?/m0/s1. The lowest BCUT2D eigenvalue weighted by Crippen LogP contribution is -2.45. The van der Waals surface area contributed by atoms with E-state index in [1.54, 1.807) is 6.92 Å². The highest BCUT2D eigenvalue weighted by Gasteiger charge is 2.27. The zero-order valence-electron chi connectivity index (χ0n) is 6.58. The van der Waals surface area contributed by atoms with Crippen molar-refractivity contribution in [2.75, 3.05) is 0 Å². The van der Waals surface area contributed by atoms with Crippen LogP contribution >= 0.6 is 0 Å². The summed E-state index contributed by atoms with van der Waals surface area (Å²) in [5, 5.41) is 11.8. The maximum atomic E-state index is 11.0. The molecule has 64 valence electrons. The largest absolute Gasteiger partial charge is 0.382 e. The molecule has 0 heterocycles. The van der Waals surface area contributed by atoms with Crippen molar-refractivity contribution in [1.29, 1.82) is 0 Å². The van der Waals surface area contributed by atoms with Gasteiger partial charge in [0.15, 0.2) is 0 Å². The summed E-state index contributed by atoms with van der Waals surface area (Å²) < 4.78 is 0. The van der Waals surface area contributed by atoms with Crippen molar-refractivity contribution in [3.8, 4) is 0 Å². The van der Waals surface area contributed by atoms with Crippen LogP contribution < -0.4 is 11.1 Å². The Morgan fingerprint density at radius 1 is 1.73 bits per heavy atom. The van der Waals surface area contributed by atoms with Crippen molar-refractivity contribution in [3.05, 3.63) is 0 Å². The Hall–Kier alpha value is -0.610. The number of amides is 1. The number of hydrogen-bond acceptors (Lipinski definition) is 3. The monoisotopic (exact) mass is 158 g/mol. The van der Waals surface area contributed by atoms with E-state index in [1.807, 2.05) is 0 Å². The first-order valence-electron chi connectivity index (χ1n) is 3.85. The molecule has 0 aromatic heterocycles. The van der Waals surface area contributed by atoms with Gasteiger partial charge in [0, 0.05) is 12.1 Å². The first-order valence-corrected chi connectivity index (χ1v) is 3.85. The molecule has 0 radical (unpaired) electrons. The van der Waals surface area contributed by atoms with Crippen LogP contribution in [0.1, 0.15) is 19.8 Å². The molecule has 0 saturated heterocycles. The number of nitrogens with one attached hydrogen (secondary N) is 1. The maximum Gasteiger partial charge on any atom is 0.250 e. The molecule has 1 aliphatic rings. The zero-order chi connectivity index (χ0) is 8.43. The van der Waals surface area contributed by atoms with Crippen LogP contribution in [0.4, 0.5) is 0 Å². The molecular formula is C7H14N2O2. The molecule has 1 rings (SSSR count). The summed E-state index contributed by atoms with van der Waals surface area (Å²) in [6.07, 6.45) is 0.991. The summed E-state index contributed by atoms with van der Waals surface area (Å²) in [6, 6.07) is -0.204. The lowest BCUT2D eigenvalue weighted by Gasteiger charge is -2.13. The molecule has 1 saturated carbocycles. The van der Waals surface area contributed by atoms with Gasteiger partial charge in [0.25, 0.3) is 5.91 Å². The minimum Gasteiger partial charge on any atom is -0.382 e.